The molecule has 0 aliphatic rings. The van der Waals surface area contributed by atoms with Crippen molar-refractivity contribution in [1.29, 1.82) is 0 Å². The van der Waals surface area contributed by atoms with Crippen molar-refractivity contribution < 1.29 is 4.52 Å². The summed E-state index contributed by atoms with van der Waals surface area (Å²) in [7, 11) is 0. The van der Waals surface area contributed by atoms with E-state index in [4.69, 9.17) is 10.3 Å². The molecule has 0 aromatic carbocycles. The number of rotatable bonds is 4. The lowest BCUT2D eigenvalue weighted by molar-refractivity contribution is 0.335. The number of hydrogen-bond donors (Lipinski definition) is 1. The molecule has 2 N–H and O–H groups in total. The van der Waals surface area contributed by atoms with Crippen LogP contribution in [0, 0.1) is 5.92 Å². The normalized spacial score (nSPS) is 12.9. The van der Waals surface area contributed by atoms with E-state index >= 15 is 0 Å². The van der Waals surface area contributed by atoms with Crippen LogP contribution in [-0.2, 0) is 0 Å². The molecule has 2 aromatic rings. The molecule has 0 amide bonds. The second-order valence-corrected chi connectivity index (χ2v) is 5.47. The molecule has 1 atom stereocenters. The van der Waals surface area contributed by atoms with E-state index in [1.54, 1.807) is 6.20 Å². The fourth-order valence-corrected chi connectivity index (χ4v) is 1.84. The molecule has 0 aliphatic heterocycles. The summed E-state index contributed by atoms with van der Waals surface area (Å²) in [6.45, 7) is 4.21. The number of nitrogens with two attached hydrogens (primary N) is 1. The quantitative estimate of drug-likeness (QED) is 0.939. The third kappa shape index (κ3) is 3.14. The lowest BCUT2D eigenvalue weighted by atomic mass is 10.0. The van der Waals surface area contributed by atoms with E-state index < -0.39 is 0 Å². The molecule has 2 aromatic heterocycles. The van der Waals surface area contributed by atoms with Crippen molar-refractivity contribution in [3.63, 3.8) is 0 Å². The van der Waals surface area contributed by atoms with Gasteiger partial charge in [0.1, 0.15) is 5.69 Å². The van der Waals surface area contributed by atoms with E-state index in [9.17, 15) is 0 Å². The maximum atomic E-state index is 5.99. The Morgan fingerprint density at radius 2 is 2.17 bits per heavy atom. The Morgan fingerprint density at radius 3 is 2.78 bits per heavy atom. The van der Waals surface area contributed by atoms with Gasteiger partial charge in [-0.05, 0) is 40.4 Å². The first-order valence-corrected chi connectivity index (χ1v) is 6.56. The van der Waals surface area contributed by atoms with E-state index in [2.05, 4.69) is 44.9 Å². The van der Waals surface area contributed by atoms with Gasteiger partial charge in [0, 0.05) is 10.7 Å². The van der Waals surface area contributed by atoms with Gasteiger partial charge in [-0.25, -0.2) is 0 Å². The van der Waals surface area contributed by atoms with Crippen molar-refractivity contribution in [2.75, 3.05) is 0 Å². The average molecular weight is 311 g/mol. The van der Waals surface area contributed by atoms with Crippen LogP contribution in [0.5, 0.6) is 0 Å². The van der Waals surface area contributed by atoms with Crippen LogP contribution in [0.1, 0.15) is 32.2 Å². The van der Waals surface area contributed by atoms with Crippen molar-refractivity contribution in [2.24, 2.45) is 11.7 Å². The Bertz CT molecular complexity index is 509. The van der Waals surface area contributed by atoms with E-state index in [0.717, 1.165) is 10.9 Å². The number of halogens is 1. The topological polar surface area (TPSA) is 77.8 Å². The van der Waals surface area contributed by atoms with E-state index in [0.29, 0.717) is 23.3 Å². The highest BCUT2D eigenvalue weighted by Gasteiger charge is 2.17. The summed E-state index contributed by atoms with van der Waals surface area (Å²) in [6.07, 6.45) is 2.51. The molecule has 0 spiro atoms. The van der Waals surface area contributed by atoms with Crippen LogP contribution >= 0.6 is 15.9 Å². The molecular weight excluding hydrogens is 296 g/mol. The summed E-state index contributed by atoms with van der Waals surface area (Å²) in [4.78, 5) is 8.49. The maximum absolute atomic E-state index is 5.99. The third-order valence-electron chi connectivity index (χ3n) is 2.44. The third-order valence-corrected chi connectivity index (χ3v) is 2.91. The van der Waals surface area contributed by atoms with Crippen LogP contribution in [0.2, 0.25) is 0 Å². The molecular formula is C12H15BrN4O. The van der Waals surface area contributed by atoms with Crippen molar-refractivity contribution in [3.05, 3.63) is 28.7 Å². The van der Waals surface area contributed by atoms with Gasteiger partial charge in [-0.2, -0.15) is 4.98 Å². The first kappa shape index (κ1) is 13.2. The average Bonchev–Trinajstić information content (AvgIpc) is 2.78. The largest absolute Gasteiger partial charge is 0.337 e. The molecule has 2 heterocycles. The van der Waals surface area contributed by atoms with Crippen molar-refractivity contribution in [1.82, 2.24) is 15.1 Å². The van der Waals surface area contributed by atoms with Gasteiger partial charge in [0.15, 0.2) is 0 Å². The molecule has 0 saturated carbocycles. The molecule has 0 radical (unpaired) electrons. The predicted octanol–water partition coefficient (Wildman–Crippen LogP) is 2.94. The van der Waals surface area contributed by atoms with Crippen LogP contribution in [-0.4, -0.2) is 15.1 Å². The second-order valence-electron chi connectivity index (χ2n) is 4.55. The molecule has 18 heavy (non-hydrogen) atoms. The lowest BCUT2D eigenvalue weighted by Crippen LogP contribution is -2.13. The molecule has 1 unspecified atom stereocenters. The van der Waals surface area contributed by atoms with Crippen LogP contribution in [0.4, 0.5) is 0 Å². The number of hydrogen-bond acceptors (Lipinski definition) is 5. The Kier molecular flexibility index (Phi) is 4.08. The monoisotopic (exact) mass is 310 g/mol. The molecule has 6 heteroatoms. The van der Waals surface area contributed by atoms with E-state index in [-0.39, 0.29) is 6.04 Å². The van der Waals surface area contributed by atoms with E-state index in [1.165, 1.54) is 0 Å². The van der Waals surface area contributed by atoms with Gasteiger partial charge in [0.2, 0.25) is 11.7 Å². The minimum absolute atomic E-state index is 0.221. The van der Waals surface area contributed by atoms with Gasteiger partial charge in [-0.3, -0.25) is 4.98 Å². The molecule has 5 nitrogen and oxygen atoms in total. The van der Waals surface area contributed by atoms with Gasteiger partial charge in [-0.15, -0.1) is 0 Å². The first-order chi connectivity index (χ1) is 8.56. The lowest BCUT2D eigenvalue weighted by Gasteiger charge is -2.08. The van der Waals surface area contributed by atoms with Gasteiger partial charge in [0.05, 0.1) is 6.04 Å². The molecule has 0 saturated heterocycles. The Hall–Kier alpha value is -1.27. The second kappa shape index (κ2) is 5.58. The standard InChI is InChI=1S/C12H15BrN4O/c1-7(2)5-9(14)12-16-11(17-18-12)10-4-3-8(13)6-15-10/h3-4,6-7,9H,5,14H2,1-2H3. The minimum Gasteiger partial charge on any atom is -0.337 e. The zero-order chi connectivity index (χ0) is 13.1. The zero-order valence-electron chi connectivity index (χ0n) is 10.3. The van der Waals surface area contributed by atoms with Crippen LogP contribution in [0.25, 0.3) is 11.5 Å². The highest BCUT2D eigenvalue weighted by molar-refractivity contribution is 9.10. The molecule has 0 bridgehead atoms. The van der Waals surface area contributed by atoms with Crippen molar-refractivity contribution in [3.8, 4) is 11.5 Å². The molecule has 2 rings (SSSR count). The highest BCUT2D eigenvalue weighted by Crippen LogP contribution is 2.21. The first-order valence-electron chi connectivity index (χ1n) is 5.77. The van der Waals surface area contributed by atoms with Gasteiger partial charge in [-0.1, -0.05) is 19.0 Å². The van der Waals surface area contributed by atoms with Crippen LogP contribution in [0.3, 0.4) is 0 Å². The van der Waals surface area contributed by atoms with Gasteiger partial charge >= 0.3 is 0 Å². The summed E-state index contributed by atoms with van der Waals surface area (Å²) in [5.74, 6) is 1.42. The molecule has 0 fully saturated rings. The summed E-state index contributed by atoms with van der Waals surface area (Å²) in [5.41, 5.74) is 6.66. The van der Waals surface area contributed by atoms with Gasteiger partial charge < -0.3 is 10.3 Å². The SMILES string of the molecule is CC(C)CC(N)c1nc(-c2ccc(Br)cn2)no1. The number of nitrogens with zero attached hydrogens (tertiary/aromatic N) is 3. The Balaban J connectivity index is 2.17. The fraction of sp³-hybridized carbons (Fsp3) is 0.417. The molecule has 96 valence electrons. The predicted molar refractivity (Wildman–Crippen MR) is 71.6 cm³/mol. The summed E-state index contributed by atoms with van der Waals surface area (Å²) in [5, 5.41) is 3.90. The summed E-state index contributed by atoms with van der Waals surface area (Å²) in [6, 6.07) is 3.49. The number of pyridine rings is 1. The van der Waals surface area contributed by atoms with Crippen molar-refractivity contribution in [2.45, 2.75) is 26.3 Å². The number of aromatic nitrogens is 3. The smallest absolute Gasteiger partial charge is 0.243 e. The van der Waals surface area contributed by atoms with Crippen LogP contribution < -0.4 is 5.73 Å². The highest BCUT2D eigenvalue weighted by atomic mass is 79.9. The van der Waals surface area contributed by atoms with Crippen molar-refractivity contribution >= 4 is 15.9 Å². The Labute approximate surface area is 114 Å². The fourth-order valence-electron chi connectivity index (χ4n) is 1.61. The Morgan fingerprint density at radius 1 is 1.39 bits per heavy atom. The molecule has 0 aliphatic carbocycles. The summed E-state index contributed by atoms with van der Waals surface area (Å²) < 4.78 is 6.08. The maximum Gasteiger partial charge on any atom is 0.243 e. The minimum atomic E-state index is -0.221. The van der Waals surface area contributed by atoms with E-state index in [1.807, 2.05) is 12.1 Å². The zero-order valence-corrected chi connectivity index (χ0v) is 11.9. The summed E-state index contributed by atoms with van der Waals surface area (Å²) >= 11 is 3.33. The van der Waals surface area contributed by atoms with Gasteiger partial charge in [0.25, 0.3) is 0 Å². The van der Waals surface area contributed by atoms with Crippen LogP contribution in [0.15, 0.2) is 27.3 Å².